The molecule has 6 nitrogen and oxygen atoms in total. The number of hydrogen-bond donors (Lipinski definition) is 2. The third kappa shape index (κ3) is 3.98. The first-order valence-corrected chi connectivity index (χ1v) is 9.40. The normalized spacial score (nSPS) is 17.5. The van der Waals surface area contributed by atoms with Crippen molar-refractivity contribution in [3.05, 3.63) is 59.1 Å². The van der Waals surface area contributed by atoms with Gasteiger partial charge in [-0.05, 0) is 42.8 Å². The Morgan fingerprint density at radius 2 is 1.96 bits per heavy atom. The van der Waals surface area contributed by atoms with Gasteiger partial charge in [0, 0.05) is 36.8 Å². The summed E-state index contributed by atoms with van der Waals surface area (Å²) < 4.78 is 2.02. The van der Waals surface area contributed by atoms with Crippen molar-refractivity contribution in [2.24, 2.45) is 0 Å². The third-order valence-corrected chi connectivity index (χ3v) is 5.13. The number of imidazole rings is 1. The average molecular weight is 385 g/mol. The van der Waals surface area contributed by atoms with Gasteiger partial charge in [-0.1, -0.05) is 23.7 Å². The summed E-state index contributed by atoms with van der Waals surface area (Å²) in [6, 6.07) is 14.6. The lowest BCUT2D eigenvalue weighted by Crippen LogP contribution is -2.27. The van der Waals surface area contributed by atoms with E-state index in [0.717, 1.165) is 30.5 Å². The van der Waals surface area contributed by atoms with Crippen molar-refractivity contribution in [1.29, 1.82) is 0 Å². The van der Waals surface area contributed by atoms with Gasteiger partial charge >= 0.3 is 0 Å². The SMILES string of the molecule is O=C(Nc1nc2ccccc2n1CCN1CC[C@H](O)C1)c1ccc(Cl)cc1. The second-order valence-electron chi connectivity index (χ2n) is 6.78. The van der Waals surface area contributed by atoms with E-state index in [1.807, 2.05) is 28.8 Å². The number of para-hydroxylation sites is 2. The van der Waals surface area contributed by atoms with Gasteiger partial charge in [-0.25, -0.2) is 4.98 Å². The zero-order valence-corrected chi connectivity index (χ0v) is 15.6. The molecule has 1 aliphatic heterocycles. The molecule has 2 N–H and O–H groups in total. The Balaban J connectivity index is 1.57. The summed E-state index contributed by atoms with van der Waals surface area (Å²) in [4.78, 5) is 19.4. The van der Waals surface area contributed by atoms with Crippen LogP contribution in [0.4, 0.5) is 5.95 Å². The van der Waals surface area contributed by atoms with Gasteiger partial charge in [-0.2, -0.15) is 0 Å². The van der Waals surface area contributed by atoms with Crippen LogP contribution >= 0.6 is 11.6 Å². The molecule has 7 heteroatoms. The molecule has 3 aromatic rings. The Labute approximate surface area is 162 Å². The molecule has 1 aliphatic rings. The zero-order valence-electron chi connectivity index (χ0n) is 14.8. The molecule has 2 aromatic carbocycles. The van der Waals surface area contributed by atoms with E-state index >= 15 is 0 Å². The Hall–Kier alpha value is -2.41. The maximum atomic E-state index is 12.6. The van der Waals surface area contributed by atoms with E-state index in [2.05, 4.69) is 15.2 Å². The largest absolute Gasteiger partial charge is 0.392 e. The second-order valence-corrected chi connectivity index (χ2v) is 7.22. The smallest absolute Gasteiger partial charge is 0.257 e. The lowest BCUT2D eigenvalue weighted by molar-refractivity contribution is 0.102. The molecular weight excluding hydrogens is 364 g/mol. The Bertz CT molecular complexity index is 954. The average Bonchev–Trinajstić information content (AvgIpc) is 3.23. The highest BCUT2D eigenvalue weighted by atomic mass is 35.5. The number of nitrogens with one attached hydrogen (secondary N) is 1. The highest BCUT2D eigenvalue weighted by Gasteiger charge is 2.21. The fourth-order valence-electron chi connectivity index (χ4n) is 3.43. The molecule has 1 aromatic heterocycles. The molecule has 1 amide bonds. The molecule has 1 saturated heterocycles. The number of likely N-dealkylation sites (tertiary alicyclic amines) is 1. The molecule has 0 unspecified atom stereocenters. The number of halogens is 1. The maximum Gasteiger partial charge on any atom is 0.257 e. The number of nitrogens with zero attached hydrogens (tertiary/aromatic N) is 3. The number of carbonyl (C=O) groups is 1. The van der Waals surface area contributed by atoms with Crippen molar-refractivity contribution in [1.82, 2.24) is 14.5 Å². The van der Waals surface area contributed by atoms with Crippen molar-refractivity contribution in [2.45, 2.75) is 19.1 Å². The third-order valence-electron chi connectivity index (χ3n) is 4.87. The van der Waals surface area contributed by atoms with E-state index in [9.17, 15) is 9.90 Å². The molecule has 0 radical (unpaired) electrons. The minimum Gasteiger partial charge on any atom is -0.392 e. The summed E-state index contributed by atoms with van der Waals surface area (Å²) in [5, 5.41) is 13.2. The van der Waals surface area contributed by atoms with E-state index in [4.69, 9.17) is 11.6 Å². The Kier molecular flexibility index (Phi) is 5.11. The number of carbonyl (C=O) groups excluding carboxylic acids is 1. The number of β-amino-alcohol motifs (C(OH)–C–C–N with tert-alkyl or cyclic N) is 1. The van der Waals surface area contributed by atoms with Crippen molar-refractivity contribution in [3.8, 4) is 0 Å². The molecule has 0 aliphatic carbocycles. The van der Waals surface area contributed by atoms with Crippen LogP contribution in [0.5, 0.6) is 0 Å². The van der Waals surface area contributed by atoms with Gasteiger partial charge in [0.05, 0.1) is 17.1 Å². The minimum absolute atomic E-state index is 0.222. The number of aromatic nitrogens is 2. The fraction of sp³-hybridized carbons (Fsp3) is 0.300. The van der Waals surface area contributed by atoms with Gasteiger partial charge in [-0.3, -0.25) is 15.0 Å². The molecule has 0 bridgehead atoms. The van der Waals surface area contributed by atoms with Crippen LogP contribution in [-0.2, 0) is 6.54 Å². The number of aliphatic hydroxyl groups excluding tert-OH is 1. The van der Waals surface area contributed by atoms with E-state index < -0.39 is 0 Å². The summed E-state index contributed by atoms with van der Waals surface area (Å²) in [6.07, 6.45) is 0.568. The first kappa shape index (κ1) is 18.0. The predicted octanol–water partition coefficient (Wildman–Crippen LogP) is 3.01. The van der Waals surface area contributed by atoms with Crippen LogP contribution in [-0.4, -0.2) is 51.2 Å². The number of anilines is 1. The highest BCUT2D eigenvalue weighted by molar-refractivity contribution is 6.30. The second kappa shape index (κ2) is 7.68. The molecule has 0 saturated carbocycles. The summed E-state index contributed by atoms with van der Waals surface area (Å²) in [5.41, 5.74) is 2.34. The maximum absolute atomic E-state index is 12.6. The number of benzene rings is 2. The predicted molar refractivity (Wildman–Crippen MR) is 106 cm³/mol. The van der Waals surface area contributed by atoms with Crippen LogP contribution < -0.4 is 5.32 Å². The summed E-state index contributed by atoms with van der Waals surface area (Å²) in [5.74, 6) is 0.302. The van der Waals surface area contributed by atoms with E-state index in [1.165, 1.54) is 0 Å². The van der Waals surface area contributed by atoms with Gasteiger partial charge in [-0.15, -0.1) is 0 Å². The lowest BCUT2D eigenvalue weighted by Gasteiger charge is -2.17. The van der Waals surface area contributed by atoms with Crippen LogP contribution in [0.2, 0.25) is 5.02 Å². The standard InChI is InChI=1S/C20H21ClN4O2/c21-15-7-5-14(6-8-15)19(27)23-20-22-17-3-1-2-4-18(17)25(20)12-11-24-10-9-16(26)13-24/h1-8,16,26H,9-13H2,(H,22,23,27)/t16-/m0/s1. The molecular formula is C20H21ClN4O2. The first-order valence-electron chi connectivity index (χ1n) is 9.03. The topological polar surface area (TPSA) is 70.4 Å². The summed E-state index contributed by atoms with van der Waals surface area (Å²) in [7, 11) is 0. The van der Waals surface area contributed by atoms with Gasteiger partial charge in [0.25, 0.3) is 5.91 Å². The highest BCUT2D eigenvalue weighted by Crippen LogP contribution is 2.21. The summed E-state index contributed by atoms with van der Waals surface area (Å²) >= 11 is 5.90. The molecule has 2 heterocycles. The first-order chi connectivity index (χ1) is 13.1. The van der Waals surface area contributed by atoms with Crippen LogP contribution in [0.15, 0.2) is 48.5 Å². The quantitative estimate of drug-likeness (QED) is 0.709. The summed E-state index contributed by atoms with van der Waals surface area (Å²) in [6.45, 7) is 3.06. The van der Waals surface area contributed by atoms with Gasteiger partial charge in [0.15, 0.2) is 0 Å². The van der Waals surface area contributed by atoms with Crippen LogP contribution in [0.25, 0.3) is 11.0 Å². The van der Waals surface area contributed by atoms with Crippen LogP contribution in [0, 0.1) is 0 Å². The monoisotopic (exact) mass is 384 g/mol. The lowest BCUT2D eigenvalue weighted by atomic mass is 10.2. The van der Waals surface area contributed by atoms with Gasteiger partial charge in [0.1, 0.15) is 0 Å². The van der Waals surface area contributed by atoms with Gasteiger partial charge < -0.3 is 9.67 Å². The number of aliphatic hydroxyl groups is 1. The molecule has 27 heavy (non-hydrogen) atoms. The fourth-order valence-corrected chi connectivity index (χ4v) is 3.55. The molecule has 0 spiro atoms. The van der Waals surface area contributed by atoms with Crippen molar-refractivity contribution in [2.75, 3.05) is 25.0 Å². The van der Waals surface area contributed by atoms with Crippen molar-refractivity contribution < 1.29 is 9.90 Å². The molecule has 1 atom stereocenters. The Morgan fingerprint density at radius 1 is 1.19 bits per heavy atom. The molecule has 140 valence electrons. The van der Waals surface area contributed by atoms with E-state index in [-0.39, 0.29) is 12.0 Å². The zero-order chi connectivity index (χ0) is 18.8. The Morgan fingerprint density at radius 3 is 2.70 bits per heavy atom. The number of fused-ring (bicyclic) bond motifs is 1. The van der Waals surface area contributed by atoms with Gasteiger partial charge in [0.2, 0.25) is 5.95 Å². The number of amides is 1. The molecule has 4 rings (SSSR count). The number of rotatable bonds is 5. The van der Waals surface area contributed by atoms with Crippen LogP contribution in [0.1, 0.15) is 16.8 Å². The minimum atomic E-state index is -0.242. The molecule has 1 fully saturated rings. The van der Waals surface area contributed by atoms with Crippen molar-refractivity contribution >= 4 is 34.5 Å². The van der Waals surface area contributed by atoms with Crippen LogP contribution in [0.3, 0.4) is 0 Å². The van der Waals surface area contributed by atoms with E-state index in [0.29, 0.717) is 29.6 Å². The van der Waals surface area contributed by atoms with Crippen molar-refractivity contribution in [3.63, 3.8) is 0 Å². The van der Waals surface area contributed by atoms with E-state index in [1.54, 1.807) is 24.3 Å². The number of hydrogen-bond acceptors (Lipinski definition) is 4.